The van der Waals surface area contributed by atoms with Gasteiger partial charge >= 0.3 is 0 Å². The third-order valence-electron chi connectivity index (χ3n) is 5.34. The summed E-state index contributed by atoms with van der Waals surface area (Å²) in [6, 6.07) is 26.7. The first-order valence-electron chi connectivity index (χ1n) is 11.4. The first-order chi connectivity index (χ1) is 16.4. The summed E-state index contributed by atoms with van der Waals surface area (Å²) in [4.78, 5) is 28.6. The van der Waals surface area contributed by atoms with E-state index in [1.807, 2.05) is 98.8 Å². The number of rotatable bonds is 11. The Morgan fingerprint density at radius 2 is 1.47 bits per heavy atom. The molecule has 0 fully saturated rings. The second-order valence-electron chi connectivity index (χ2n) is 8.46. The minimum atomic E-state index is -0.647. The van der Waals surface area contributed by atoms with E-state index >= 15 is 0 Å². The molecule has 2 amide bonds. The molecule has 1 atom stereocenters. The largest absolute Gasteiger partial charge is 0.352 e. The zero-order valence-corrected chi connectivity index (χ0v) is 21.2. The van der Waals surface area contributed by atoms with E-state index < -0.39 is 6.04 Å². The summed E-state index contributed by atoms with van der Waals surface area (Å²) in [5.74, 6) is 0.765. The molecular weight excluding hydrogens is 464 g/mol. The smallest absolute Gasteiger partial charge is 0.243 e. The van der Waals surface area contributed by atoms with Gasteiger partial charge in [0, 0.05) is 29.8 Å². The fourth-order valence-electron chi connectivity index (χ4n) is 3.66. The van der Waals surface area contributed by atoms with Gasteiger partial charge in [0.25, 0.3) is 0 Å². The van der Waals surface area contributed by atoms with Gasteiger partial charge < -0.3 is 10.2 Å². The summed E-state index contributed by atoms with van der Waals surface area (Å²) in [6.07, 6.45) is 0.430. The number of thioether (sulfide) groups is 1. The molecule has 0 bridgehead atoms. The van der Waals surface area contributed by atoms with Gasteiger partial charge in [-0.25, -0.2) is 0 Å². The van der Waals surface area contributed by atoms with E-state index in [9.17, 15) is 9.59 Å². The molecule has 3 rings (SSSR count). The van der Waals surface area contributed by atoms with Crippen LogP contribution in [0.25, 0.3) is 0 Å². The molecule has 0 aromatic heterocycles. The van der Waals surface area contributed by atoms with Crippen LogP contribution in [0.15, 0.2) is 84.9 Å². The van der Waals surface area contributed by atoms with Crippen molar-refractivity contribution >= 4 is 35.2 Å². The van der Waals surface area contributed by atoms with Gasteiger partial charge in [0.1, 0.15) is 6.04 Å². The zero-order valence-electron chi connectivity index (χ0n) is 19.6. The molecule has 0 aliphatic heterocycles. The Kier molecular flexibility index (Phi) is 10.0. The molecule has 0 saturated carbocycles. The molecule has 0 aliphatic rings. The number of carbonyl (C=O) groups is 2. The van der Waals surface area contributed by atoms with Gasteiger partial charge in [0.15, 0.2) is 0 Å². The maximum atomic E-state index is 13.6. The molecule has 0 radical (unpaired) electrons. The van der Waals surface area contributed by atoms with E-state index in [1.54, 1.807) is 16.7 Å². The molecule has 178 valence electrons. The van der Waals surface area contributed by atoms with Crippen LogP contribution in [0.5, 0.6) is 0 Å². The van der Waals surface area contributed by atoms with Crippen molar-refractivity contribution in [2.45, 2.75) is 44.6 Å². The van der Waals surface area contributed by atoms with Crippen molar-refractivity contribution in [2.75, 3.05) is 5.75 Å². The van der Waals surface area contributed by atoms with Gasteiger partial charge in [-0.05, 0) is 36.6 Å². The number of carbonyl (C=O) groups excluding carboxylic acids is 2. The Morgan fingerprint density at radius 3 is 2.09 bits per heavy atom. The molecule has 1 N–H and O–H groups in total. The standard InChI is InChI=1S/C28H31ClN2O2S/c1-21(2)30-28(33)26(17-22-11-5-3-6-12-22)31(18-24-15-9-10-16-25(24)29)27(32)20-34-19-23-13-7-4-8-14-23/h3-16,21,26H,17-20H2,1-2H3,(H,30,33)/t26-/m0/s1. The van der Waals surface area contributed by atoms with Gasteiger partial charge in [-0.15, -0.1) is 11.8 Å². The van der Waals surface area contributed by atoms with Crippen LogP contribution in [0.3, 0.4) is 0 Å². The van der Waals surface area contributed by atoms with Crippen LogP contribution in [0, 0.1) is 0 Å². The van der Waals surface area contributed by atoms with E-state index in [1.165, 1.54) is 0 Å². The summed E-state index contributed by atoms with van der Waals surface area (Å²) in [7, 11) is 0. The summed E-state index contributed by atoms with van der Waals surface area (Å²) in [6.45, 7) is 4.12. The van der Waals surface area contributed by atoms with Gasteiger partial charge in [-0.3, -0.25) is 9.59 Å². The van der Waals surface area contributed by atoms with Crippen LogP contribution in [0.1, 0.15) is 30.5 Å². The average molecular weight is 495 g/mol. The first-order valence-corrected chi connectivity index (χ1v) is 13.0. The van der Waals surface area contributed by atoms with E-state index in [-0.39, 0.29) is 30.2 Å². The van der Waals surface area contributed by atoms with Crippen molar-refractivity contribution < 1.29 is 9.59 Å². The maximum Gasteiger partial charge on any atom is 0.243 e. The lowest BCUT2D eigenvalue weighted by molar-refractivity contribution is -0.139. The third kappa shape index (κ3) is 7.93. The quantitative estimate of drug-likeness (QED) is 0.370. The van der Waals surface area contributed by atoms with Crippen LogP contribution in [-0.4, -0.2) is 34.6 Å². The number of halogens is 1. The highest BCUT2D eigenvalue weighted by Gasteiger charge is 2.31. The lowest BCUT2D eigenvalue weighted by atomic mass is 10.0. The van der Waals surface area contributed by atoms with Gasteiger partial charge in [-0.2, -0.15) is 0 Å². The minimum Gasteiger partial charge on any atom is -0.352 e. The van der Waals surface area contributed by atoms with E-state index in [4.69, 9.17) is 11.6 Å². The molecule has 3 aromatic rings. The number of hydrogen-bond acceptors (Lipinski definition) is 3. The summed E-state index contributed by atoms with van der Waals surface area (Å²) in [5.41, 5.74) is 2.98. The molecule has 0 saturated heterocycles. The van der Waals surface area contributed by atoms with Crippen LogP contribution < -0.4 is 5.32 Å². The molecule has 3 aromatic carbocycles. The number of nitrogens with one attached hydrogen (secondary N) is 1. The van der Waals surface area contributed by atoms with Crippen molar-refractivity contribution in [2.24, 2.45) is 0 Å². The topological polar surface area (TPSA) is 49.4 Å². The Labute approximate surface area is 211 Å². The molecule has 0 unspecified atom stereocenters. The Bertz CT molecular complexity index is 1060. The SMILES string of the molecule is CC(C)NC(=O)[C@H](Cc1ccccc1)N(Cc1ccccc1Cl)C(=O)CSCc1ccccc1. The molecule has 34 heavy (non-hydrogen) atoms. The monoisotopic (exact) mass is 494 g/mol. The van der Waals surface area contributed by atoms with E-state index in [0.29, 0.717) is 11.4 Å². The lowest BCUT2D eigenvalue weighted by Crippen LogP contribution is -2.52. The Morgan fingerprint density at radius 1 is 0.882 bits per heavy atom. The predicted molar refractivity (Wildman–Crippen MR) is 142 cm³/mol. The van der Waals surface area contributed by atoms with E-state index in [0.717, 1.165) is 22.4 Å². The molecule has 0 heterocycles. The lowest BCUT2D eigenvalue weighted by Gasteiger charge is -2.32. The normalized spacial score (nSPS) is 11.8. The van der Waals surface area contributed by atoms with Crippen LogP contribution in [-0.2, 0) is 28.3 Å². The number of nitrogens with zero attached hydrogens (tertiary/aromatic N) is 1. The van der Waals surface area contributed by atoms with Gasteiger partial charge in [0.05, 0.1) is 5.75 Å². The van der Waals surface area contributed by atoms with Gasteiger partial charge in [-0.1, -0.05) is 90.5 Å². The Hall–Kier alpha value is -2.76. The third-order valence-corrected chi connectivity index (χ3v) is 6.69. The average Bonchev–Trinajstić information content (AvgIpc) is 2.83. The summed E-state index contributed by atoms with van der Waals surface area (Å²) >= 11 is 7.99. The van der Waals surface area contributed by atoms with Crippen molar-refractivity contribution in [1.29, 1.82) is 0 Å². The van der Waals surface area contributed by atoms with Crippen LogP contribution in [0.4, 0.5) is 0 Å². The second-order valence-corrected chi connectivity index (χ2v) is 9.85. The van der Waals surface area contributed by atoms with Crippen molar-refractivity contribution in [1.82, 2.24) is 10.2 Å². The van der Waals surface area contributed by atoms with Crippen LogP contribution >= 0.6 is 23.4 Å². The fraction of sp³-hybridized carbons (Fsp3) is 0.286. The highest BCUT2D eigenvalue weighted by atomic mass is 35.5. The molecule has 4 nitrogen and oxygen atoms in total. The van der Waals surface area contributed by atoms with Crippen molar-refractivity contribution in [3.8, 4) is 0 Å². The Balaban J connectivity index is 1.86. The van der Waals surface area contributed by atoms with E-state index in [2.05, 4.69) is 5.32 Å². The fourth-order valence-corrected chi connectivity index (χ4v) is 4.72. The zero-order chi connectivity index (χ0) is 24.3. The summed E-state index contributed by atoms with van der Waals surface area (Å²) in [5, 5.41) is 3.59. The maximum absolute atomic E-state index is 13.6. The first kappa shape index (κ1) is 25.9. The van der Waals surface area contributed by atoms with Crippen LogP contribution in [0.2, 0.25) is 5.02 Å². The number of amides is 2. The minimum absolute atomic E-state index is 0.0319. The highest BCUT2D eigenvalue weighted by molar-refractivity contribution is 7.99. The highest BCUT2D eigenvalue weighted by Crippen LogP contribution is 2.22. The molecule has 0 spiro atoms. The van der Waals surface area contributed by atoms with Crippen molar-refractivity contribution in [3.63, 3.8) is 0 Å². The summed E-state index contributed by atoms with van der Waals surface area (Å²) < 4.78 is 0. The van der Waals surface area contributed by atoms with Gasteiger partial charge in [0.2, 0.25) is 11.8 Å². The van der Waals surface area contributed by atoms with Crippen molar-refractivity contribution in [3.05, 3.63) is 107 Å². The molecular formula is C28H31ClN2O2S. The predicted octanol–water partition coefficient (Wildman–Crippen LogP) is 5.74. The number of hydrogen-bond donors (Lipinski definition) is 1. The molecule has 0 aliphatic carbocycles. The number of benzene rings is 3. The molecule has 6 heteroatoms. The second kappa shape index (κ2) is 13.2.